The Morgan fingerprint density at radius 3 is 2.69 bits per heavy atom. The summed E-state index contributed by atoms with van der Waals surface area (Å²) in [4.78, 5) is 11.7. The molecule has 4 nitrogen and oxygen atoms in total. The van der Waals surface area contributed by atoms with Gasteiger partial charge in [0.1, 0.15) is 6.10 Å². The number of amides is 1. The Balaban J connectivity index is 2.28. The summed E-state index contributed by atoms with van der Waals surface area (Å²) in [6, 6.07) is -0.179. The van der Waals surface area contributed by atoms with Gasteiger partial charge in [-0.25, -0.2) is 0 Å². The van der Waals surface area contributed by atoms with Gasteiger partial charge in [-0.15, -0.1) is 0 Å². The molecule has 4 heteroatoms. The Bertz CT molecular complexity index is 215. The minimum absolute atomic E-state index is 0.250. The number of aliphatic hydroxyl groups excluding tert-OH is 1. The van der Waals surface area contributed by atoms with Gasteiger partial charge in [0, 0.05) is 12.1 Å². The van der Waals surface area contributed by atoms with Crippen LogP contribution in [-0.4, -0.2) is 29.2 Å². The minimum atomic E-state index is -1.05. The molecule has 1 aliphatic rings. The largest absolute Gasteiger partial charge is 0.382 e. The second-order valence-corrected chi connectivity index (χ2v) is 4.74. The van der Waals surface area contributed by atoms with Gasteiger partial charge in [0.25, 0.3) is 5.91 Å². The van der Waals surface area contributed by atoms with Crippen molar-refractivity contribution in [2.75, 3.05) is 0 Å². The number of nitrogens with one attached hydrogen (secondary N) is 1. The van der Waals surface area contributed by atoms with Crippen LogP contribution in [0.5, 0.6) is 0 Å². The summed E-state index contributed by atoms with van der Waals surface area (Å²) in [5, 5.41) is 12.6. The van der Waals surface area contributed by atoms with E-state index in [1.165, 1.54) is 12.8 Å². The molecule has 0 radical (unpaired) electrons. The fraction of sp³-hybridized carbons (Fsp3) is 0.917. The van der Waals surface area contributed by atoms with E-state index in [9.17, 15) is 9.90 Å². The second kappa shape index (κ2) is 6.86. The van der Waals surface area contributed by atoms with Gasteiger partial charge in [-0.2, -0.15) is 0 Å². The number of carbonyl (C=O) groups is 1. The van der Waals surface area contributed by atoms with Crippen molar-refractivity contribution in [3.8, 4) is 0 Å². The van der Waals surface area contributed by atoms with E-state index < -0.39 is 12.1 Å². The molecule has 4 N–H and O–H groups in total. The third-order valence-corrected chi connectivity index (χ3v) is 3.27. The van der Waals surface area contributed by atoms with Gasteiger partial charge in [0.2, 0.25) is 0 Å². The van der Waals surface area contributed by atoms with Gasteiger partial charge in [-0.1, -0.05) is 32.6 Å². The highest BCUT2D eigenvalue weighted by atomic mass is 16.3. The molecule has 0 saturated heterocycles. The zero-order valence-corrected chi connectivity index (χ0v) is 10.1. The van der Waals surface area contributed by atoms with Crippen LogP contribution >= 0.6 is 0 Å². The van der Waals surface area contributed by atoms with Crippen LogP contribution in [0.25, 0.3) is 0 Å². The highest BCUT2D eigenvalue weighted by Crippen LogP contribution is 2.17. The first-order chi connectivity index (χ1) is 7.65. The topological polar surface area (TPSA) is 75.3 Å². The molecule has 1 rings (SSSR count). The van der Waals surface area contributed by atoms with Crippen molar-refractivity contribution in [1.29, 1.82) is 0 Å². The number of nitrogens with two attached hydrogens (primary N) is 1. The molecule has 0 heterocycles. The summed E-state index contributed by atoms with van der Waals surface area (Å²) in [6.45, 7) is 2.07. The zero-order valence-electron chi connectivity index (χ0n) is 10.1. The van der Waals surface area contributed by atoms with Crippen LogP contribution in [0.2, 0.25) is 0 Å². The predicted octanol–water partition coefficient (Wildman–Crippen LogP) is 0.924. The molecular formula is C12H24N2O2. The monoisotopic (exact) mass is 228 g/mol. The van der Waals surface area contributed by atoms with E-state index in [-0.39, 0.29) is 11.9 Å². The molecule has 1 saturated carbocycles. The summed E-state index contributed by atoms with van der Waals surface area (Å²) >= 11 is 0. The van der Waals surface area contributed by atoms with Crippen molar-refractivity contribution < 1.29 is 9.90 Å². The van der Waals surface area contributed by atoms with E-state index >= 15 is 0 Å². The molecule has 1 fully saturated rings. The van der Waals surface area contributed by atoms with Crippen LogP contribution < -0.4 is 11.1 Å². The van der Waals surface area contributed by atoms with Gasteiger partial charge >= 0.3 is 0 Å². The molecule has 0 bridgehead atoms. The van der Waals surface area contributed by atoms with Crippen LogP contribution in [-0.2, 0) is 4.79 Å². The molecule has 0 aromatic carbocycles. The van der Waals surface area contributed by atoms with E-state index in [0.717, 1.165) is 25.7 Å². The zero-order chi connectivity index (χ0) is 12.0. The first kappa shape index (κ1) is 13.5. The quantitative estimate of drug-likeness (QED) is 0.633. The summed E-state index contributed by atoms with van der Waals surface area (Å²) in [6.07, 6.45) is 6.04. The van der Waals surface area contributed by atoms with E-state index in [4.69, 9.17) is 5.73 Å². The molecule has 0 aromatic heterocycles. The van der Waals surface area contributed by atoms with Crippen LogP contribution in [0.3, 0.4) is 0 Å². The average molecular weight is 228 g/mol. The fourth-order valence-electron chi connectivity index (χ4n) is 2.15. The number of rotatable bonds is 6. The maximum absolute atomic E-state index is 11.7. The molecule has 0 aliphatic heterocycles. The molecule has 0 spiro atoms. The fourth-order valence-corrected chi connectivity index (χ4v) is 2.15. The highest BCUT2D eigenvalue weighted by molar-refractivity contribution is 5.81. The van der Waals surface area contributed by atoms with Crippen LogP contribution in [0, 0.1) is 0 Å². The lowest BCUT2D eigenvalue weighted by atomic mass is 10.0. The lowest BCUT2D eigenvalue weighted by Crippen LogP contribution is -2.48. The van der Waals surface area contributed by atoms with E-state index in [0.29, 0.717) is 6.42 Å². The molecular weight excluding hydrogens is 204 g/mol. The Morgan fingerprint density at radius 1 is 1.50 bits per heavy atom. The lowest BCUT2D eigenvalue weighted by Gasteiger charge is -2.20. The molecule has 1 amide bonds. The van der Waals surface area contributed by atoms with Crippen molar-refractivity contribution in [2.45, 2.75) is 70.1 Å². The van der Waals surface area contributed by atoms with Gasteiger partial charge < -0.3 is 16.2 Å². The van der Waals surface area contributed by atoms with Crippen molar-refractivity contribution in [3.63, 3.8) is 0 Å². The minimum Gasteiger partial charge on any atom is -0.382 e. The third kappa shape index (κ3) is 4.10. The van der Waals surface area contributed by atoms with E-state index in [1.807, 2.05) is 0 Å². The second-order valence-electron chi connectivity index (χ2n) is 4.74. The Hall–Kier alpha value is -0.610. The first-order valence-corrected chi connectivity index (χ1v) is 6.39. The standard InChI is InChI=1S/C12H24N2O2/c1-2-3-8-10(13)11(15)12(16)14-9-6-4-5-7-9/h9-11,15H,2-8,13H2,1H3,(H,14,16)/t10-,11+/m0/s1. The summed E-state index contributed by atoms with van der Waals surface area (Å²) in [7, 11) is 0. The number of hydrogen-bond donors (Lipinski definition) is 3. The SMILES string of the molecule is CCCC[C@H](N)[C@@H](O)C(=O)NC1CCCC1. The Kier molecular flexibility index (Phi) is 5.77. The number of unbranched alkanes of at least 4 members (excludes halogenated alkanes) is 1. The molecule has 2 atom stereocenters. The summed E-state index contributed by atoms with van der Waals surface area (Å²) in [5.74, 6) is -0.296. The Labute approximate surface area is 97.6 Å². The van der Waals surface area contributed by atoms with Crippen LogP contribution in [0.15, 0.2) is 0 Å². The van der Waals surface area contributed by atoms with Crippen molar-refractivity contribution in [2.24, 2.45) is 5.73 Å². The van der Waals surface area contributed by atoms with Crippen molar-refractivity contribution in [1.82, 2.24) is 5.32 Å². The van der Waals surface area contributed by atoms with Crippen molar-refractivity contribution in [3.05, 3.63) is 0 Å². The van der Waals surface area contributed by atoms with Gasteiger partial charge in [0.15, 0.2) is 0 Å². The average Bonchev–Trinajstić information content (AvgIpc) is 2.77. The van der Waals surface area contributed by atoms with Gasteiger partial charge in [-0.3, -0.25) is 4.79 Å². The maximum atomic E-state index is 11.7. The van der Waals surface area contributed by atoms with Gasteiger partial charge in [0.05, 0.1) is 0 Å². The van der Waals surface area contributed by atoms with E-state index in [1.54, 1.807) is 0 Å². The van der Waals surface area contributed by atoms with Gasteiger partial charge in [-0.05, 0) is 19.3 Å². The van der Waals surface area contributed by atoms with Crippen molar-refractivity contribution >= 4 is 5.91 Å². The third-order valence-electron chi connectivity index (χ3n) is 3.27. The molecule has 1 aliphatic carbocycles. The molecule has 0 aromatic rings. The maximum Gasteiger partial charge on any atom is 0.250 e. The smallest absolute Gasteiger partial charge is 0.250 e. The summed E-state index contributed by atoms with van der Waals surface area (Å²) in [5.41, 5.74) is 5.77. The first-order valence-electron chi connectivity index (χ1n) is 6.39. The number of aliphatic hydroxyl groups is 1. The van der Waals surface area contributed by atoms with Crippen LogP contribution in [0.1, 0.15) is 51.9 Å². The molecule has 94 valence electrons. The lowest BCUT2D eigenvalue weighted by molar-refractivity contribution is -0.131. The Morgan fingerprint density at radius 2 is 2.12 bits per heavy atom. The highest BCUT2D eigenvalue weighted by Gasteiger charge is 2.25. The summed E-state index contributed by atoms with van der Waals surface area (Å²) < 4.78 is 0. The number of hydrogen-bond acceptors (Lipinski definition) is 3. The molecule has 0 unspecified atom stereocenters. The number of carbonyl (C=O) groups excluding carboxylic acids is 1. The predicted molar refractivity (Wildman–Crippen MR) is 63.9 cm³/mol. The van der Waals surface area contributed by atoms with Crippen LogP contribution in [0.4, 0.5) is 0 Å². The molecule has 16 heavy (non-hydrogen) atoms. The normalized spacial score (nSPS) is 20.7. The van der Waals surface area contributed by atoms with E-state index in [2.05, 4.69) is 12.2 Å².